The van der Waals surface area contributed by atoms with Gasteiger partial charge in [0.15, 0.2) is 5.82 Å². The fourth-order valence-electron chi connectivity index (χ4n) is 3.38. The number of nitrogens with zero attached hydrogens (tertiary/aromatic N) is 3. The summed E-state index contributed by atoms with van der Waals surface area (Å²) in [5.41, 5.74) is 0. The highest BCUT2D eigenvalue weighted by Gasteiger charge is 2.25. The van der Waals surface area contributed by atoms with Gasteiger partial charge in [-0.3, -0.25) is 9.59 Å². The lowest BCUT2D eigenvalue weighted by atomic mass is 9.97. The van der Waals surface area contributed by atoms with Crippen molar-refractivity contribution in [3.8, 4) is 0 Å². The van der Waals surface area contributed by atoms with Crippen molar-refractivity contribution in [1.82, 2.24) is 15.0 Å². The van der Waals surface area contributed by atoms with Gasteiger partial charge in [0.2, 0.25) is 11.8 Å². The molecule has 0 unspecified atom stereocenters. The normalized spacial score (nSPS) is 15.8. The van der Waals surface area contributed by atoms with Crippen LogP contribution in [0.5, 0.6) is 0 Å². The topological polar surface area (TPSA) is 78.7 Å². The van der Waals surface area contributed by atoms with Crippen molar-refractivity contribution in [2.45, 2.75) is 52.4 Å². The molecule has 0 spiro atoms. The molecule has 1 aromatic rings. The van der Waals surface area contributed by atoms with Crippen molar-refractivity contribution in [2.24, 2.45) is 5.92 Å². The smallest absolute Gasteiger partial charge is 0.245 e. The van der Waals surface area contributed by atoms with E-state index >= 15 is 0 Å². The Hall–Kier alpha value is -1.89. The molecular weight excluding hydrogens is 332 g/mol. The molecule has 2 heterocycles. The SMILES string of the molecule is CCCC[C@@H](CC)C(=O)N(CCN1CCCC1)CC(=O)Nc1ccon1. The fourth-order valence-corrected chi connectivity index (χ4v) is 3.38. The molecule has 0 aromatic carbocycles. The van der Waals surface area contributed by atoms with E-state index in [2.05, 4.69) is 22.3 Å². The van der Waals surface area contributed by atoms with Crippen molar-refractivity contribution < 1.29 is 14.1 Å². The number of unbranched alkanes of at least 4 members (excludes halogenated alkanes) is 1. The Balaban J connectivity index is 1.96. The second kappa shape index (κ2) is 11.0. The molecule has 146 valence electrons. The molecule has 1 N–H and O–H groups in total. The minimum atomic E-state index is -0.237. The van der Waals surface area contributed by atoms with E-state index in [1.807, 2.05) is 6.92 Å². The van der Waals surface area contributed by atoms with Crippen LogP contribution in [-0.4, -0.2) is 59.5 Å². The Labute approximate surface area is 156 Å². The van der Waals surface area contributed by atoms with Crippen LogP contribution < -0.4 is 5.32 Å². The van der Waals surface area contributed by atoms with Gasteiger partial charge in [-0.1, -0.05) is 31.8 Å². The summed E-state index contributed by atoms with van der Waals surface area (Å²) in [6.45, 7) is 7.82. The molecule has 0 saturated carbocycles. The summed E-state index contributed by atoms with van der Waals surface area (Å²) < 4.78 is 4.73. The van der Waals surface area contributed by atoms with E-state index in [0.29, 0.717) is 12.4 Å². The van der Waals surface area contributed by atoms with Crippen LogP contribution >= 0.6 is 0 Å². The first-order valence-corrected chi connectivity index (χ1v) is 9.85. The largest absolute Gasteiger partial charge is 0.363 e. The molecule has 1 aliphatic heterocycles. The second-order valence-corrected chi connectivity index (χ2v) is 6.99. The molecule has 0 radical (unpaired) electrons. The van der Waals surface area contributed by atoms with Gasteiger partial charge in [0.05, 0.1) is 6.54 Å². The van der Waals surface area contributed by atoms with Crippen molar-refractivity contribution >= 4 is 17.6 Å². The number of nitrogens with one attached hydrogen (secondary N) is 1. The summed E-state index contributed by atoms with van der Waals surface area (Å²) in [7, 11) is 0. The maximum Gasteiger partial charge on any atom is 0.245 e. The highest BCUT2D eigenvalue weighted by molar-refractivity contribution is 5.94. The van der Waals surface area contributed by atoms with Crippen LogP contribution in [0, 0.1) is 5.92 Å². The van der Waals surface area contributed by atoms with Crippen molar-refractivity contribution in [1.29, 1.82) is 0 Å². The van der Waals surface area contributed by atoms with Gasteiger partial charge >= 0.3 is 0 Å². The number of likely N-dealkylation sites (tertiary alicyclic amines) is 1. The van der Waals surface area contributed by atoms with Crippen LogP contribution in [-0.2, 0) is 9.59 Å². The molecule has 1 aliphatic rings. The lowest BCUT2D eigenvalue weighted by Crippen LogP contribution is -2.44. The van der Waals surface area contributed by atoms with E-state index in [9.17, 15) is 9.59 Å². The third-order valence-electron chi connectivity index (χ3n) is 4.98. The monoisotopic (exact) mass is 364 g/mol. The Morgan fingerprint density at radius 2 is 2.12 bits per heavy atom. The van der Waals surface area contributed by atoms with Crippen molar-refractivity contribution in [3.05, 3.63) is 12.3 Å². The average molecular weight is 364 g/mol. The molecule has 0 bridgehead atoms. The highest BCUT2D eigenvalue weighted by Crippen LogP contribution is 2.17. The van der Waals surface area contributed by atoms with Gasteiger partial charge in [0, 0.05) is 25.1 Å². The Bertz CT molecular complexity index is 541. The minimum absolute atomic E-state index is 0.00613. The summed E-state index contributed by atoms with van der Waals surface area (Å²) in [4.78, 5) is 29.4. The van der Waals surface area contributed by atoms with Crippen LogP contribution in [0.1, 0.15) is 52.4 Å². The Kier molecular flexibility index (Phi) is 8.61. The zero-order valence-electron chi connectivity index (χ0n) is 16.1. The molecule has 7 heteroatoms. The lowest BCUT2D eigenvalue weighted by molar-refractivity contribution is -0.139. The quantitative estimate of drug-likeness (QED) is 0.653. The van der Waals surface area contributed by atoms with Crippen molar-refractivity contribution in [2.75, 3.05) is 38.0 Å². The summed E-state index contributed by atoms with van der Waals surface area (Å²) in [5.74, 6) is 0.225. The number of aromatic nitrogens is 1. The first kappa shape index (κ1) is 20.4. The van der Waals surface area contributed by atoms with Crippen LogP contribution in [0.25, 0.3) is 0 Å². The Morgan fingerprint density at radius 1 is 1.35 bits per heavy atom. The summed E-state index contributed by atoms with van der Waals surface area (Å²) in [5, 5.41) is 6.37. The molecule has 2 amide bonds. The molecule has 7 nitrogen and oxygen atoms in total. The van der Waals surface area contributed by atoms with Crippen molar-refractivity contribution in [3.63, 3.8) is 0 Å². The predicted molar refractivity (Wildman–Crippen MR) is 101 cm³/mol. The minimum Gasteiger partial charge on any atom is -0.363 e. The van der Waals surface area contributed by atoms with Gasteiger partial charge in [-0.25, -0.2) is 0 Å². The molecule has 1 saturated heterocycles. The maximum absolute atomic E-state index is 13.0. The van der Waals surface area contributed by atoms with Gasteiger partial charge in [0.25, 0.3) is 0 Å². The molecule has 2 rings (SSSR count). The molecule has 0 aliphatic carbocycles. The maximum atomic E-state index is 13.0. The molecule has 1 aromatic heterocycles. The number of carbonyl (C=O) groups is 2. The van der Waals surface area contributed by atoms with Gasteiger partial charge in [0.1, 0.15) is 6.26 Å². The number of rotatable bonds is 11. The van der Waals surface area contributed by atoms with Crippen LogP contribution in [0.3, 0.4) is 0 Å². The molecule has 26 heavy (non-hydrogen) atoms. The van der Waals surface area contributed by atoms with E-state index < -0.39 is 0 Å². The van der Waals surface area contributed by atoms with Gasteiger partial charge in [-0.15, -0.1) is 0 Å². The zero-order chi connectivity index (χ0) is 18.8. The molecule has 1 fully saturated rings. The average Bonchev–Trinajstić information content (AvgIpc) is 3.32. The van der Waals surface area contributed by atoms with Gasteiger partial charge in [-0.2, -0.15) is 0 Å². The van der Waals surface area contributed by atoms with E-state index in [4.69, 9.17) is 4.52 Å². The third-order valence-corrected chi connectivity index (χ3v) is 4.98. The summed E-state index contributed by atoms with van der Waals surface area (Å²) in [6.07, 6.45) is 7.65. The Morgan fingerprint density at radius 3 is 2.73 bits per heavy atom. The number of amides is 2. The number of carbonyl (C=O) groups excluding carboxylic acids is 2. The number of hydrogen-bond donors (Lipinski definition) is 1. The van der Waals surface area contributed by atoms with Crippen LogP contribution in [0.4, 0.5) is 5.82 Å². The van der Waals surface area contributed by atoms with Crippen LogP contribution in [0.2, 0.25) is 0 Å². The van der Waals surface area contributed by atoms with Gasteiger partial charge < -0.3 is 19.6 Å². The fraction of sp³-hybridized carbons (Fsp3) is 0.737. The summed E-state index contributed by atoms with van der Waals surface area (Å²) in [6, 6.07) is 1.59. The standard InChI is InChI=1S/C19H32N4O3/c1-3-5-8-16(4-2)19(25)23(13-12-22-10-6-7-11-22)15-18(24)20-17-9-14-26-21-17/h9,14,16H,3-8,10-13,15H2,1-2H3,(H,20,21,24)/t16-/m1/s1. The first-order valence-electron chi connectivity index (χ1n) is 9.85. The van der Waals surface area contributed by atoms with E-state index in [0.717, 1.165) is 45.3 Å². The second-order valence-electron chi connectivity index (χ2n) is 6.99. The third kappa shape index (κ3) is 6.44. The zero-order valence-corrected chi connectivity index (χ0v) is 16.1. The van der Waals surface area contributed by atoms with E-state index in [-0.39, 0.29) is 24.3 Å². The number of anilines is 1. The summed E-state index contributed by atoms with van der Waals surface area (Å²) >= 11 is 0. The van der Waals surface area contributed by atoms with E-state index in [1.165, 1.54) is 19.1 Å². The molecule has 1 atom stereocenters. The first-order chi connectivity index (χ1) is 12.6. The van der Waals surface area contributed by atoms with Gasteiger partial charge in [-0.05, 0) is 38.8 Å². The number of hydrogen-bond acceptors (Lipinski definition) is 5. The van der Waals surface area contributed by atoms with Crippen LogP contribution in [0.15, 0.2) is 16.9 Å². The van der Waals surface area contributed by atoms with E-state index in [1.54, 1.807) is 11.0 Å². The molecular formula is C19H32N4O3. The lowest BCUT2D eigenvalue weighted by Gasteiger charge is -2.28. The predicted octanol–water partition coefficient (Wildman–Crippen LogP) is 2.75. The highest BCUT2D eigenvalue weighted by atomic mass is 16.5.